The van der Waals surface area contributed by atoms with Gasteiger partial charge >= 0.3 is 0 Å². The standard InChI is InChI=1S/C15H24N2O2/c1-4-5-8-17-15(18)10-19-14-7-6-13(12(3)16)9-11(14)2/h6-7,9,12H,4-5,8,10,16H2,1-3H3,(H,17,18). The van der Waals surface area contributed by atoms with Crippen molar-refractivity contribution in [1.29, 1.82) is 0 Å². The van der Waals surface area contributed by atoms with Crippen LogP contribution in [-0.2, 0) is 4.79 Å². The highest BCUT2D eigenvalue weighted by molar-refractivity contribution is 5.77. The van der Waals surface area contributed by atoms with Gasteiger partial charge in [-0.05, 0) is 37.5 Å². The first-order valence-corrected chi connectivity index (χ1v) is 6.80. The average Bonchev–Trinajstić information content (AvgIpc) is 2.37. The van der Waals surface area contributed by atoms with Gasteiger partial charge in [0.25, 0.3) is 5.91 Å². The maximum atomic E-state index is 11.5. The number of benzene rings is 1. The molecule has 0 aliphatic heterocycles. The number of rotatable bonds is 7. The maximum Gasteiger partial charge on any atom is 0.257 e. The van der Waals surface area contributed by atoms with Crippen LogP contribution in [0.5, 0.6) is 5.75 Å². The molecule has 0 bridgehead atoms. The lowest BCUT2D eigenvalue weighted by molar-refractivity contribution is -0.123. The molecular weight excluding hydrogens is 240 g/mol. The molecule has 0 fully saturated rings. The Morgan fingerprint density at radius 3 is 2.79 bits per heavy atom. The molecule has 0 heterocycles. The highest BCUT2D eigenvalue weighted by Crippen LogP contribution is 2.21. The molecule has 0 saturated carbocycles. The van der Waals surface area contributed by atoms with Crippen molar-refractivity contribution >= 4 is 5.91 Å². The van der Waals surface area contributed by atoms with Crippen LogP contribution in [0.2, 0.25) is 0 Å². The van der Waals surface area contributed by atoms with Crippen molar-refractivity contribution in [2.45, 2.75) is 39.7 Å². The number of nitrogens with two attached hydrogens (primary N) is 1. The van der Waals surface area contributed by atoms with E-state index in [1.54, 1.807) is 0 Å². The summed E-state index contributed by atoms with van der Waals surface area (Å²) in [6, 6.07) is 5.80. The van der Waals surface area contributed by atoms with Crippen LogP contribution in [0.4, 0.5) is 0 Å². The molecule has 0 radical (unpaired) electrons. The zero-order chi connectivity index (χ0) is 14.3. The van der Waals surface area contributed by atoms with E-state index in [0.717, 1.165) is 29.7 Å². The van der Waals surface area contributed by atoms with E-state index in [4.69, 9.17) is 10.5 Å². The molecule has 4 nitrogen and oxygen atoms in total. The second-order valence-electron chi connectivity index (χ2n) is 4.81. The number of amides is 1. The van der Waals surface area contributed by atoms with E-state index in [-0.39, 0.29) is 18.6 Å². The first kappa shape index (κ1) is 15.5. The van der Waals surface area contributed by atoms with Gasteiger partial charge in [0, 0.05) is 12.6 Å². The highest BCUT2D eigenvalue weighted by atomic mass is 16.5. The smallest absolute Gasteiger partial charge is 0.257 e. The van der Waals surface area contributed by atoms with Gasteiger partial charge in [-0.2, -0.15) is 0 Å². The summed E-state index contributed by atoms with van der Waals surface area (Å²) in [5.74, 6) is 0.652. The zero-order valence-corrected chi connectivity index (χ0v) is 12.0. The summed E-state index contributed by atoms with van der Waals surface area (Å²) >= 11 is 0. The second kappa shape index (κ2) is 7.79. The number of unbranched alkanes of at least 4 members (excludes halogenated alkanes) is 1. The Kier molecular flexibility index (Phi) is 6.36. The molecule has 0 aliphatic rings. The van der Waals surface area contributed by atoms with Crippen molar-refractivity contribution in [2.24, 2.45) is 5.73 Å². The van der Waals surface area contributed by atoms with E-state index in [0.29, 0.717) is 6.54 Å². The van der Waals surface area contributed by atoms with E-state index < -0.39 is 0 Å². The lowest BCUT2D eigenvalue weighted by atomic mass is 10.1. The molecular formula is C15H24N2O2. The summed E-state index contributed by atoms with van der Waals surface area (Å²) in [5, 5.41) is 2.82. The van der Waals surface area contributed by atoms with Crippen LogP contribution in [0.25, 0.3) is 0 Å². The first-order chi connectivity index (χ1) is 9.04. The summed E-state index contributed by atoms with van der Waals surface area (Å²) in [7, 11) is 0. The van der Waals surface area contributed by atoms with Crippen LogP contribution in [0.15, 0.2) is 18.2 Å². The minimum absolute atomic E-state index is 0.00472. The zero-order valence-electron chi connectivity index (χ0n) is 12.0. The minimum atomic E-state index is -0.0795. The first-order valence-electron chi connectivity index (χ1n) is 6.80. The lowest BCUT2D eigenvalue weighted by Gasteiger charge is -2.12. The SMILES string of the molecule is CCCCNC(=O)COc1ccc(C(C)N)cc1C. The van der Waals surface area contributed by atoms with Crippen LogP contribution >= 0.6 is 0 Å². The Labute approximate surface area is 115 Å². The lowest BCUT2D eigenvalue weighted by Crippen LogP contribution is -2.29. The van der Waals surface area contributed by atoms with Crippen LogP contribution in [0.3, 0.4) is 0 Å². The Hall–Kier alpha value is -1.55. The summed E-state index contributed by atoms with van der Waals surface area (Å²) < 4.78 is 5.51. The molecule has 1 atom stereocenters. The number of carbonyl (C=O) groups is 1. The molecule has 4 heteroatoms. The highest BCUT2D eigenvalue weighted by Gasteiger charge is 2.06. The molecule has 106 valence electrons. The molecule has 19 heavy (non-hydrogen) atoms. The van der Waals surface area contributed by atoms with Crippen molar-refractivity contribution in [2.75, 3.05) is 13.2 Å². The number of ether oxygens (including phenoxy) is 1. The topological polar surface area (TPSA) is 64.3 Å². The van der Waals surface area contributed by atoms with Crippen LogP contribution in [0, 0.1) is 6.92 Å². The molecule has 3 N–H and O–H groups in total. The van der Waals surface area contributed by atoms with Gasteiger partial charge in [-0.1, -0.05) is 25.5 Å². The summed E-state index contributed by atoms with van der Waals surface area (Å²) in [6.07, 6.45) is 2.06. The third-order valence-electron chi connectivity index (χ3n) is 2.94. The number of carbonyl (C=O) groups excluding carboxylic acids is 1. The molecule has 1 rings (SSSR count). The van der Waals surface area contributed by atoms with Gasteiger partial charge < -0.3 is 15.8 Å². The fourth-order valence-electron chi connectivity index (χ4n) is 1.72. The Morgan fingerprint density at radius 2 is 2.21 bits per heavy atom. The van der Waals surface area contributed by atoms with Crippen LogP contribution in [-0.4, -0.2) is 19.1 Å². The van der Waals surface area contributed by atoms with E-state index >= 15 is 0 Å². The Bertz CT molecular complexity index is 417. The van der Waals surface area contributed by atoms with Gasteiger partial charge in [0.2, 0.25) is 0 Å². The Morgan fingerprint density at radius 1 is 1.47 bits per heavy atom. The van der Waals surface area contributed by atoms with Crippen molar-refractivity contribution in [3.63, 3.8) is 0 Å². The van der Waals surface area contributed by atoms with Gasteiger partial charge in [0.05, 0.1) is 0 Å². The molecule has 0 saturated heterocycles. The van der Waals surface area contributed by atoms with Crippen LogP contribution in [0.1, 0.15) is 43.9 Å². The van der Waals surface area contributed by atoms with E-state index in [2.05, 4.69) is 12.2 Å². The molecule has 1 aromatic rings. The quantitative estimate of drug-likeness (QED) is 0.743. The summed E-state index contributed by atoms with van der Waals surface area (Å²) in [5.41, 5.74) is 7.88. The van der Waals surface area contributed by atoms with Gasteiger partial charge in [-0.15, -0.1) is 0 Å². The van der Waals surface area contributed by atoms with Crippen molar-refractivity contribution in [3.8, 4) is 5.75 Å². The predicted molar refractivity (Wildman–Crippen MR) is 77.2 cm³/mol. The van der Waals surface area contributed by atoms with Crippen LogP contribution < -0.4 is 15.8 Å². The fourth-order valence-corrected chi connectivity index (χ4v) is 1.72. The van der Waals surface area contributed by atoms with Gasteiger partial charge in [-0.3, -0.25) is 4.79 Å². The van der Waals surface area contributed by atoms with E-state index in [1.165, 1.54) is 0 Å². The number of hydrogen-bond acceptors (Lipinski definition) is 3. The largest absolute Gasteiger partial charge is 0.484 e. The van der Waals surface area contributed by atoms with Gasteiger partial charge in [0.1, 0.15) is 5.75 Å². The normalized spacial score (nSPS) is 12.0. The molecule has 1 unspecified atom stereocenters. The van der Waals surface area contributed by atoms with E-state index in [1.807, 2.05) is 32.0 Å². The van der Waals surface area contributed by atoms with Crippen molar-refractivity contribution in [3.05, 3.63) is 29.3 Å². The maximum absolute atomic E-state index is 11.5. The minimum Gasteiger partial charge on any atom is -0.484 e. The van der Waals surface area contributed by atoms with Gasteiger partial charge in [-0.25, -0.2) is 0 Å². The van der Waals surface area contributed by atoms with Gasteiger partial charge in [0.15, 0.2) is 6.61 Å². The van der Waals surface area contributed by atoms with E-state index in [9.17, 15) is 4.79 Å². The molecule has 0 aromatic heterocycles. The average molecular weight is 264 g/mol. The Balaban J connectivity index is 2.47. The molecule has 1 aromatic carbocycles. The number of aryl methyl sites for hydroxylation is 1. The monoisotopic (exact) mass is 264 g/mol. The number of nitrogens with one attached hydrogen (secondary N) is 1. The molecule has 0 aliphatic carbocycles. The summed E-state index contributed by atoms with van der Waals surface area (Å²) in [6.45, 7) is 6.75. The number of hydrogen-bond donors (Lipinski definition) is 2. The predicted octanol–water partition coefficient (Wildman–Crippen LogP) is 2.31. The van der Waals surface area contributed by atoms with Crippen molar-refractivity contribution < 1.29 is 9.53 Å². The molecule has 1 amide bonds. The van der Waals surface area contributed by atoms with Crippen molar-refractivity contribution in [1.82, 2.24) is 5.32 Å². The molecule has 0 spiro atoms. The second-order valence-corrected chi connectivity index (χ2v) is 4.81. The third-order valence-corrected chi connectivity index (χ3v) is 2.94. The summed E-state index contributed by atoms with van der Waals surface area (Å²) in [4.78, 5) is 11.5. The fraction of sp³-hybridized carbons (Fsp3) is 0.533. The third kappa shape index (κ3) is 5.30.